The third-order valence-corrected chi connectivity index (χ3v) is 5.25. The molecule has 2 aliphatic heterocycles. The lowest BCUT2D eigenvalue weighted by Gasteiger charge is -2.22. The van der Waals surface area contributed by atoms with E-state index >= 15 is 0 Å². The summed E-state index contributed by atoms with van der Waals surface area (Å²) >= 11 is 6.11. The number of nitrogens with zero attached hydrogens (tertiary/aromatic N) is 2. The van der Waals surface area contributed by atoms with Gasteiger partial charge < -0.3 is 10.2 Å². The minimum absolute atomic E-state index is 0.113. The molecule has 1 saturated heterocycles. The van der Waals surface area contributed by atoms with E-state index in [0.29, 0.717) is 11.3 Å². The second-order valence-electron chi connectivity index (χ2n) is 6.38. The molecule has 6 nitrogen and oxygen atoms in total. The van der Waals surface area contributed by atoms with Crippen LogP contribution in [0.25, 0.3) is 0 Å². The molecule has 1 fully saturated rings. The van der Waals surface area contributed by atoms with Gasteiger partial charge in [0.15, 0.2) is 0 Å². The van der Waals surface area contributed by atoms with E-state index in [4.69, 9.17) is 18.0 Å². The summed E-state index contributed by atoms with van der Waals surface area (Å²) in [4.78, 5) is 40.8. The number of carbonyl (C=O) groups excluding carboxylic acids is 3. The van der Waals surface area contributed by atoms with Crippen LogP contribution < -0.4 is 10.2 Å². The van der Waals surface area contributed by atoms with Crippen LogP contribution in [0, 0.1) is 18.2 Å². The number of fused-ring (bicyclic) bond motifs is 2. The molecule has 2 aromatic rings. The maximum atomic E-state index is 14.3. The van der Waals surface area contributed by atoms with Crippen LogP contribution in [0.5, 0.6) is 0 Å². The minimum Gasteiger partial charge on any atom is -0.311 e. The highest BCUT2D eigenvalue weighted by Crippen LogP contribution is 2.44. The zero-order valence-corrected chi connectivity index (χ0v) is 15.2. The number of urea groups is 1. The van der Waals surface area contributed by atoms with Gasteiger partial charge in [0.2, 0.25) is 5.54 Å². The quantitative estimate of drug-likeness (QED) is 0.491. The molecular formula is C20H13ClFN3O3. The molecule has 1 unspecified atom stereocenters. The fraction of sp³-hybridized carbons (Fsp3) is 0.150. The van der Waals surface area contributed by atoms with Gasteiger partial charge in [-0.3, -0.25) is 9.59 Å². The van der Waals surface area contributed by atoms with E-state index in [1.165, 1.54) is 23.1 Å². The van der Waals surface area contributed by atoms with Crippen LogP contribution in [0.2, 0.25) is 5.02 Å². The molecule has 8 heteroatoms. The van der Waals surface area contributed by atoms with Crippen molar-refractivity contribution in [3.05, 3.63) is 64.4 Å². The molecule has 0 aromatic heterocycles. The summed E-state index contributed by atoms with van der Waals surface area (Å²) in [6, 6.07) is 9.99. The van der Waals surface area contributed by atoms with E-state index in [1.807, 2.05) is 0 Å². The Kier molecular flexibility index (Phi) is 4.09. The van der Waals surface area contributed by atoms with E-state index in [0.717, 1.165) is 4.90 Å². The number of carbonyl (C=O) groups is 3. The number of para-hydroxylation sites is 1. The molecule has 140 valence electrons. The fourth-order valence-electron chi connectivity index (χ4n) is 3.59. The molecule has 2 aliphatic rings. The van der Waals surface area contributed by atoms with Crippen molar-refractivity contribution in [2.75, 3.05) is 11.4 Å². The van der Waals surface area contributed by atoms with Gasteiger partial charge in [-0.1, -0.05) is 41.8 Å². The van der Waals surface area contributed by atoms with Crippen LogP contribution in [0.3, 0.4) is 0 Å². The van der Waals surface area contributed by atoms with Crippen molar-refractivity contribution in [2.45, 2.75) is 12.1 Å². The Balaban J connectivity index is 1.83. The second-order valence-corrected chi connectivity index (χ2v) is 6.79. The van der Waals surface area contributed by atoms with E-state index < -0.39 is 29.2 Å². The van der Waals surface area contributed by atoms with E-state index in [9.17, 15) is 18.8 Å². The van der Waals surface area contributed by atoms with Crippen molar-refractivity contribution in [3.8, 4) is 12.3 Å². The number of anilines is 1. The Morgan fingerprint density at radius 3 is 2.50 bits per heavy atom. The highest BCUT2D eigenvalue weighted by molar-refractivity contribution is 6.31. The fourth-order valence-corrected chi connectivity index (χ4v) is 3.81. The maximum Gasteiger partial charge on any atom is 0.326 e. The number of rotatable bonds is 3. The van der Waals surface area contributed by atoms with Crippen molar-refractivity contribution in [2.24, 2.45) is 0 Å². The Morgan fingerprint density at radius 2 is 1.79 bits per heavy atom. The van der Waals surface area contributed by atoms with Crippen molar-refractivity contribution >= 4 is 35.1 Å². The first-order chi connectivity index (χ1) is 13.4. The lowest BCUT2D eigenvalue weighted by Crippen LogP contribution is -2.52. The van der Waals surface area contributed by atoms with Gasteiger partial charge in [-0.15, -0.1) is 6.42 Å². The topological polar surface area (TPSA) is 69.7 Å². The third kappa shape index (κ3) is 2.31. The summed E-state index contributed by atoms with van der Waals surface area (Å²) in [7, 11) is 0. The van der Waals surface area contributed by atoms with Crippen molar-refractivity contribution < 1.29 is 18.8 Å². The van der Waals surface area contributed by atoms with E-state index in [-0.39, 0.29) is 23.7 Å². The number of nitrogens with one attached hydrogen (secondary N) is 1. The first kappa shape index (κ1) is 18.0. The zero-order chi connectivity index (χ0) is 20.1. The van der Waals surface area contributed by atoms with Crippen molar-refractivity contribution in [3.63, 3.8) is 0 Å². The van der Waals surface area contributed by atoms with Crippen LogP contribution in [-0.4, -0.2) is 29.3 Å². The summed E-state index contributed by atoms with van der Waals surface area (Å²) in [5.74, 6) is 0.216. The number of terminal acetylenes is 1. The smallest absolute Gasteiger partial charge is 0.311 e. The normalized spacial score (nSPS) is 20.5. The molecule has 4 rings (SSSR count). The molecule has 28 heavy (non-hydrogen) atoms. The summed E-state index contributed by atoms with van der Waals surface area (Å²) in [6.07, 6.45) is 5.24. The summed E-state index contributed by atoms with van der Waals surface area (Å²) in [5.41, 5.74) is -1.10. The lowest BCUT2D eigenvalue weighted by molar-refractivity contribution is -0.138. The molecule has 0 aliphatic carbocycles. The monoisotopic (exact) mass is 397 g/mol. The van der Waals surface area contributed by atoms with Crippen LogP contribution in [0.15, 0.2) is 42.5 Å². The average Bonchev–Trinajstić information content (AvgIpc) is 3.06. The number of amides is 4. The van der Waals surface area contributed by atoms with Gasteiger partial charge in [-0.25, -0.2) is 14.1 Å². The van der Waals surface area contributed by atoms with E-state index in [1.54, 1.807) is 24.3 Å². The number of halogens is 2. The SMILES string of the molecule is C#CCN1C(=O)NC2(C1=O)C(=O)N(Cc1c(F)cccc1Cl)c1ccccc12. The highest BCUT2D eigenvalue weighted by Gasteiger charge is 2.63. The van der Waals surface area contributed by atoms with Gasteiger partial charge >= 0.3 is 6.03 Å². The third-order valence-electron chi connectivity index (χ3n) is 4.90. The van der Waals surface area contributed by atoms with Gasteiger partial charge in [0.05, 0.1) is 18.8 Å². The number of imide groups is 1. The number of benzene rings is 2. The first-order valence-corrected chi connectivity index (χ1v) is 8.71. The molecule has 1 N–H and O–H groups in total. The van der Waals surface area contributed by atoms with Gasteiger partial charge in [-0.05, 0) is 18.2 Å². The largest absolute Gasteiger partial charge is 0.326 e. The first-order valence-electron chi connectivity index (χ1n) is 8.33. The molecule has 1 atom stereocenters. The van der Waals surface area contributed by atoms with Crippen LogP contribution in [0.4, 0.5) is 14.9 Å². The Hall–Kier alpha value is -3.37. The maximum absolute atomic E-state index is 14.3. The lowest BCUT2D eigenvalue weighted by atomic mass is 9.91. The van der Waals surface area contributed by atoms with Gasteiger partial charge in [0.25, 0.3) is 11.8 Å². The van der Waals surface area contributed by atoms with Crippen LogP contribution in [-0.2, 0) is 21.7 Å². The van der Waals surface area contributed by atoms with E-state index in [2.05, 4.69) is 11.2 Å². The molecule has 2 heterocycles. The number of hydrogen-bond acceptors (Lipinski definition) is 3. The molecule has 0 bridgehead atoms. The molecule has 1 spiro atoms. The summed E-state index contributed by atoms with van der Waals surface area (Å²) in [5, 5.41) is 2.64. The van der Waals surface area contributed by atoms with Crippen LogP contribution >= 0.6 is 11.6 Å². The van der Waals surface area contributed by atoms with Gasteiger partial charge in [-0.2, -0.15) is 0 Å². The van der Waals surface area contributed by atoms with Gasteiger partial charge in [0, 0.05) is 16.1 Å². The van der Waals surface area contributed by atoms with Crippen molar-refractivity contribution in [1.82, 2.24) is 10.2 Å². The predicted octanol–water partition coefficient (Wildman–Crippen LogP) is 2.41. The second kappa shape index (κ2) is 6.36. The molecule has 2 aromatic carbocycles. The molecule has 0 radical (unpaired) electrons. The van der Waals surface area contributed by atoms with Gasteiger partial charge in [0.1, 0.15) is 5.82 Å². The Labute approximate surface area is 164 Å². The average molecular weight is 398 g/mol. The highest BCUT2D eigenvalue weighted by atomic mass is 35.5. The predicted molar refractivity (Wildman–Crippen MR) is 99.8 cm³/mol. The van der Waals surface area contributed by atoms with Crippen LogP contribution in [0.1, 0.15) is 11.1 Å². The molecular weight excluding hydrogens is 385 g/mol. The Morgan fingerprint density at radius 1 is 1.07 bits per heavy atom. The molecule has 4 amide bonds. The zero-order valence-electron chi connectivity index (χ0n) is 14.4. The Bertz CT molecular complexity index is 1060. The number of hydrogen-bond donors (Lipinski definition) is 1. The molecule has 0 saturated carbocycles. The minimum atomic E-state index is -1.91. The summed E-state index contributed by atoms with van der Waals surface area (Å²) in [6.45, 7) is -0.456. The standard InChI is InChI=1S/C20H13ClFN3O3/c1-2-10-24-17(26)20(23-19(24)28)13-6-3-4-9-16(13)25(18(20)27)11-12-14(21)7-5-8-15(12)22/h1,3-9H,10-11H2,(H,23,28). The summed E-state index contributed by atoms with van der Waals surface area (Å²) < 4.78 is 14.3. The van der Waals surface area contributed by atoms with Crippen molar-refractivity contribution in [1.29, 1.82) is 0 Å².